The van der Waals surface area contributed by atoms with E-state index in [4.69, 9.17) is 16.3 Å². The lowest BCUT2D eigenvalue weighted by atomic mass is 10.1. The van der Waals surface area contributed by atoms with E-state index in [2.05, 4.69) is 25.7 Å². The predicted octanol–water partition coefficient (Wildman–Crippen LogP) is 3.06. The second kappa shape index (κ2) is 7.37. The van der Waals surface area contributed by atoms with Crippen LogP contribution >= 0.6 is 11.6 Å². The SMILES string of the molecule is COCc1cc(Cl)c(F)cc1NC(=O)c1ccc(-c2cn[nH]c2)nn1. The summed E-state index contributed by atoms with van der Waals surface area (Å²) in [6.07, 6.45) is 3.26. The van der Waals surface area contributed by atoms with Crippen molar-refractivity contribution in [3.8, 4) is 11.3 Å². The topological polar surface area (TPSA) is 92.8 Å². The molecule has 0 saturated carbocycles. The Bertz CT molecular complexity index is 884. The lowest BCUT2D eigenvalue weighted by Crippen LogP contribution is -2.16. The van der Waals surface area contributed by atoms with Crippen molar-refractivity contribution in [3.63, 3.8) is 0 Å². The van der Waals surface area contributed by atoms with Gasteiger partial charge >= 0.3 is 0 Å². The number of hydrogen-bond acceptors (Lipinski definition) is 5. The maximum atomic E-state index is 13.7. The van der Waals surface area contributed by atoms with Crippen LogP contribution in [0.5, 0.6) is 0 Å². The molecule has 0 aliphatic rings. The Morgan fingerprint density at radius 1 is 1.36 bits per heavy atom. The molecule has 128 valence electrons. The number of nitrogens with zero attached hydrogens (tertiary/aromatic N) is 3. The Morgan fingerprint density at radius 2 is 2.20 bits per heavy atom. The summed E-state index contributed by atoms with van der Waals surface area (Å²) in [4.78, 5) is 12.3. The minimum absolute atomic E-state index is 0.0469. The average molecular weight is 362 g/mol. The Morgan fingerprint density at radius 3 is 2.84 bits per heavy atom. The third-order valence-electron chi connectivity index (χ3n) is 3.39. The van der Waals surface area contributed by atoms with E-state index in [-0.39, 0.29) is 23.0 Å². The number of benzene rings is 1. The van der Waals surface area contributed by atoms with Gasteiger partial charge in [0.15, 0.2) is 5.69 Å². The van der Waals surface area contributed by atoms with Crippen molar-refractivity contribution < 1.29 is 13.9 Å². The Kier molecular flexibility index (Phi) is 5.01. The summed E-state index contributed by atoms with van der Waals surface area (Å²) in [5.41, 5.74) is 2.22. The summed E-state index contributed by atoms with van der Waals surface area (Å²) >= 11 is 5.77. The molecule has 0 fully saturated rings. The van der Waals surface area contributed by atoms with Crippen molar-refractivity contribution in [2.75, 3.05) is 12.4 Å². The number of carbonyl (C=O) groups is 1. The van der Waals surface area contributed by atoms with E-state index in [1.54, 1.807) is 18.5 Å². The number of H-pyrrole nitrogens is 1. The fourth-order valence-electron chi connectivity index (χ4n) is 2.16. The fourth-order valence-corrected chi connectivity index (χ4v) is 2.35. The number of rotatable bonds is 5. The molecule has 0 unspecified atom stereocenters. The van der Waals surface area contributed by atoms with Crippen molar-refractivity contribution >= 4 is 23.2 Å². The van der Waals surface area contributed by atoms with Crippen LogP contribution in [0.1, 0.15) is 16.1 Å². The van der Waals surface area contributed by atoms with Crippen molar-refractivity contribution in [2.24, 2.45) is 0 Å². The molecule has 0 saturated heterocycles. The number of methoxy groups -OCH3 is 1. The normalized spacial score (nSPS) is 10.7. The van der Waals surface area contributed by atoms with Gasteiger partial charge in [-0.3, -0.25) is 9.89 Å². The summed E-state index contributed by atoms with van der Waals surface area (Å²) in [6, 6.07) is 5.71. The molecule has 1 aromatic carbocycles. The van der Waals surface area contributed by atoms with Crippen LogP contribution in [0, 0.1) is 5.82 Å². The summed E-state index contributed by atoms with van der Waals surface area (Å²) in [6.45, 7) is 0.167. The van der Waals surface area contributed by atoms with Crippen molar-refractivity contribution in [1.82, 2.24) is 20.4 Å². The summed E-state index contributed by atoms with van der Waals surface area (Å²) < 4.78 is 18.7. The van der Waals surface area contributed by atoms with Gasteiger partial charge in [-0.05, 0) is 24.3 Å². The number of carbonyl (C=O) groups excluding carboxylic acids is 1. The monoisotopic (exact) mass is 361 g/mol. The molecule has 3 rings (SSSR count). The molecule has 0 atom stereocenters. The number of aromatic amines is 1. The first-order valence-electron chi connectivity index (χ1n) is 7.19. The van der Waals surface area contributed by atoms with Gasteiger partial charge in [0, 0.05) is 30.1 Å². The number of ether oxygens (including phenoxy) is 1. The first-order valence-corrected chi connectivity index (χ1v) is 7.57. The van der Waals surface area contributed by atoms with Crippen molar-refractivity contribution in [3.05, 3.63) is 58.8 Å². The lowest BCUT2D eigenvalue weighted by molar-refractivity contribution is 0.102. The first-order chi connectivity index (χ1) is 12.1. The third-order valence-corrected chi connectivity index (χ3v) is 3.67. The van der Waals surface area contributed by atoms with Gasteiger partial charge in [-0.15, -0.1) is 10.2 Å². The highest BCUT2D eigenvalue weighted by molar-refractivity contribution is 6.31. The Balaban J connectivity index is 1.81. The molecule has 0 radical (unpaired) electrons. The molecule has 2 heterocycles. The zero-order valence-electron chi connectivity index (χ0n) is 13.1. The van der Waals surface area contributed by atoms with Crippen LogP contribution in [-0.4, -0.2) is 33.4 Å². The number of hydrogen-bond donors (Lipinski definition) is 2. The molecule has 7 nitrogen and oxygen atoms in total. The van der Waals surface area contributed by atoms with Gasteiger partial charge in [0.2, 0.25) is 0 Å². The number of nitrogens with one attached hydrogen (secondary N) is 2. The maximum absolute atomic E-state index is 13.7. The fraction of sp³-hybridized carbons (Fsp3) is 0.125. The van der Waals surface area contributed by atoms with Crippen molar-refractivity contribution in [1.29, 1.82) is 0 Å². The molecule has 0 aliphatic heterocycles. The van der Waals surface area contributed by atoms with Crippen LogP contribution < -0.4 is 5.32 Å². The van der Waals surface area contributed by atoms with Crippen LogP contribution in [0.3, 0.4) is 0 Å². The van der Waals surface area contributed by atoms with Crippen LogP contribution in [0.4, 0.5) is 10.1 Å². The van der Waals surface area contributed by atoms with E-state index >= 15 is 0 Å². The summed E-state index contributed by atoms with van der Waals surface area (Å²) in [5.74, 6) is -1.16. The first kappa shape index (κ1) is 17.0. The largest absolute Gasteiger partial charge is 0.380 e. The Hall–Kier alpha value is -2.84. The van der Waals surface area contributed by atoms with E-state index in [0.29, 0.717) is 11.3 Å². The van der Waals surface area contributed by atoms with Gasteiger partial charge in [-0.25, -0.2) is 4.39 Å². The Labute approximate surface area is 147 Å². The summed E-state index contributed by atoms with van der Waals surface area (Å²) in [7, 11) is 1.49. The van der Waals surface area contributed by atoms with Crippen LogP contribution in [0.15, 0.2) is 36.7 Å². The van der Waals surface area contributed by atoms with Crippen LogP contribution in [-0.2, 0) is 11.3 Å². The summed E-state index contributed by atoms with van der Waals surface area (Å²) in [5, 5.41) is 16.9. The van der Waals surface area contributed by atoms with Gasteiger partial charge in [0.05, 0.1) is 23.5 Å². The molecule has 1 amide bonds. The molecule has 0 spiro atoms. The second-order valence-electron chi connectivity index (χ2n) is 5.10. The number of amides is 1. The number of halogens is 2. The second-order valence-corrected chi connectivity index (χ2v) is 5.51. The van der Waals surface area contributed by atoms with Gasteiger partial charge in [0.1, 0.15) is 5.82 Å². The zero-order valence-corrected chi connectivity index (χ0v) is 13.8. The smallest absolute Gasteiger partial charge is 0.276 e. The highest BCUT2D eigenvalue weighted by Gasteiger charge is 2.14. The van der Waals surface area contributed by atoms with Gasteiger partial charge in [0.25, 0.3) is 5.91 Å². The van der Waals surface area contributed by atoms with Gasteiger partial charge in [-0.1, -0.05) is 11.6 Å². The molecule has 0 aliphatic carbocycles. The molecule has 9 heteroatoms. The van der Waals surface area contributed by atoms with Gasteiger partial charge < -0.3 is 10.1 Å². The highest BCUT2D eigenvalue weighted by Crippen LogP contribution is 2.25. The highest BCUT2D eigenvalue weighted by atomic mass is 35.5. The zero-order chi connectivity index (χ0) is 17.8. The predicted molar refractivity (Wildman–Crippen MR) is 89.7 cm³/mol. The minimum atomic E-state index is -0.641. The van der Waals surface area contributed by atoms with Gasteiger partial charge in [-0.2, -0.15) is 5.10 Å². The van der Waals surface area contributed by atoms with E-state index in [1.165, 1.54) is 19.2 Å². The van der Waals surface area contributed by atoms with E-state index in [1.807, 2.05) is 0 Å². The minimum Gasteiger partial charge on any atom is -0.380 e. The van der Waals surface area contributed by atoms with Crippen LogP contribution in [0.25, 0.3) is 11.3 Å². The van der Waals surface area contributed by atoms with E-state index < -0.39 is 11.7 Å². The average Bonchev–Trinajstić information content (AvgIpc) is 3.14. The molecule has 3 aromatic rings. The van der Waals surface area contributed by atoms with Crippen molar-refractivity contribution in [2.45, 2.75) is 6.61 Å². The van der Waals surface area contributed by atoms with E-state index in [9.17, 15) is 9.18 Å². The van der Waals surface area contributed by atoms with E-state index in [0.717, 1.165) is 11.6 Å². The number of aromatic nitrogens is 4. The molecular weight excluding hydrogens is 349 g/mol. The standard InChI is InChI=1S/C16H13ClFN5O2/c1-25-8-9-4-11(17)12(18)5-15(9)21-16(24)14-3-2-13(22-23-14)10-6-19-20-7-10/h2-7H,8H2,1H3,(H,19,20)(H,21,24). The third kappa shape index (κ3) is 3.81. The molecule has 2 aromatic heterocycles. The number of anilines is 1. The quantitative estimate of drug-likeness (QED) is 0.728. The van der Waals surface area contributed by atoms with Crippen LogP contribution in [0.2, 0.25) is 5.02 Å². The maximum Gasteiger partial charge on any atom is 0.276 e. The molecule has 2 N–H and O–H groups in total. The molecule has 25 heavy (non-hydrogen) atoms. The lowest BCUT2D eigenvalue weighted by Gasteiger charge is -2.11. The molecule has 0 bridgehead atoms. The molecular formula is C16H13ClFN5O2.